The summed E-state index contributed by atoms with van der Waals surface area (Å²) in [7, 11) is 0. The SMILES string of the molecule is CC1(C#N)CCCN(C(=O)CN2CCCCC2=O)C1. The van der Waals surface area contributed by atoms with Gasteiger partial charge in [0.05, 0.1) is 18.0 Å². The molecule has 104 valence electrons. The fourth-order valence-electron chi connectivity index (χ4n) is 2.84. The van der Waals surface area contributed by atoms with Crippen molar-refractivity contribution in [2.75, 3.05) is 26.2 Å². The van der Waals surface area contributed by atoms with E-state index in [0.717, 1.165) is 25.7 Å². The third-order valence-corrected chi connectivity index (χ3v) is 4.07. The molecule has 0 aliphatic carbocycles. The highest BCUT2D eigenvalue weighted by Gasteiger charge is 2.34. The zero-order valence-electron chi connectivity index (χ0n) is 11.5. The standard InChI is InChI=1S/C14H21N3O2/c1-14(10-15)6-4-8-17(11-14)13(19)9-16-7-3-2-5-12(16)18/h2-9,11H2,1H3. The highest BCUT2D eigenvalue weighted by atomic mass is 16.2. The van der Waals surface area contributed by atoms with E-state index in [4.69, 9.17) is 5.26 Å². The molecule has 2 fully saturated rings. The maximum Gasteiger partial charge on any atom is 0.242 e. The van der Waals surface area contributed by atoms with Gasteiger partial charge >= 0.3 is 0 Å². The van der Waals surface area contributed by atoms with Crippen LogP contribution in [-0.4, -0.2) is 47.8 Å². The molecule has 5 heteroatoms. The molecule has 2 rings (SSSR count). The van der Waals surface area contributed by atoms with Gasteiger partial charge in [0.2, 0.25) is 11.8 Å². The molecule has 0 bridgehead atoms. The molecular weight excluding hydrogens is 242 g/mol. The van der Waals surface area contributed by atoms with Crippen molar-refractivity contribution < 1.29 is 9.59 Å². The minimum Gasteiger partial charge on any atom is -0.340 e. The minimum absolute atomic E-state index is 0.0172. The number of carbonyl (C=O) groups is 2. The molecule has 0 aromatic carbocycles. The number of likely N-dealkylation sites (tertiary alicyclic amines) is 2. The number of hydrogen-bond acceptors (Lipinski definition) is 3. The Kier molecular flexibility index (Phi) is 4.08. The van der Waals surface area contributed by atoms with Gasteiger partial charge in [0.25, 0.3) is 0 Å². The van der Waals surface area contributed by atoms with Crippen molar-refractivity contribution in [1.29, 1.82) is 5.26 Å². The maximum atomic E-state index is 12.2. The number of amides is 2. The largest absolute Gasteiger partial charge is 0.340 e. The van der Waals surface area contributed by atoms with E-state index in [1.165, 1.54) is 0 Å². The van der Waals surface area contributed by atoms with Gasteiger partial charge in [0.1, 0.15) is 0 Å². The summed E-state index contributed by atoms with van der Waals surface area (Å²) in [6.45, 7) is 3.97. The summed E-state index contributed by atoms with van der Waals surface area (Å²) in [5.74, 6) is 0.0658. The van der Waals surface area contributed by atoms with E-state index in [1.54, 1.807) is 9.80 Å². The molecule has 2 saturated heterocycles. The topological polar surface area (TPSA) is 64.4 Å². The molecule has 2 heterocycles. The number of hydrogen-bond donors (Lipinski definition) is 0. The summed E-state index contributed by atoms with van der Waals surface area (Å²) in [5.41, 5.74) is -0.431. The normalized spacial score (nSPS) is 28.1. The molecule has 2 aliphatic rings. The van der Waals surface area contributed by atoms with Crippen LogP contribution >= 0.6 is 0 Å². The van der Waals surface area contributed by atoms with Crippen LogP contribution in [0.5, 0.6) is 0 Å². The average molecular weight is 263 g/mol. The Morgan fingerprint density at radius 1 is 1.37 bits per heavy atom. The smallest absolute Gasteiger partial charge is 0.242 e. The highest BCUT2D eigenvalue weighted by Crippen LogP contribution is 2.28. The second-order valence-electron chi connectivity index (χ2n) is 5.86. The molecule has 2 aliphatic heterocycles. The molecule has 0 spiro atoms. The van der Waals surface area contributed by atoms with Crippen LogP contribution in [0.2, 0.25) is 0 Å². The van der Waals surface area contributed by atoms with E-state index in [-0.39, 0.29) is 18.4 Å². The van der Waals surface area contributed by atoms with Gasteiger partial charge in [-0.2, -0.15) is 5.26 Å². The van der Waals surface area contributed by atoms with Crippen LogP contribution in [0.3, 0.4) is 0 Å². The van der Waals surface area contributed by atoms with E-state index in [2.05, 4.69) is 6.07 Å². The van der Waals surface area contributed by atoms with Gasteiger partial charge in [0, 0.05) is 26.1 Å². The maximum absolute atomic E-state index is 12.2. The molecule has 1 unspecified atom stereocenters. The van der Waals surface area contributed by atoms with Gasteiger partial charge in [-0.3, -0.25) is 9.59 Å². The van der Waals surface area contributed by atoms with Crippen LogP contribution < -0.4 is 0 Å². The molecule has 1 atom stereocenters. The van der Waals surface area contributed by atoms with Crippen LogP contribution in [-0.2, 0) is 9.59 Å². The fourth-order valence-corrected chi connectivity index (χ4v) is 2.84. The summed E-state index contributed by atoms with van der Waals surface area (Å²) in [4.78, 5) is 27.3. The molecule has 5 nitrogen and oxygen atoms in total. The van der Waals surface area contributed by atoms with Crippen molar-refractivity contribution in [2.45, 2.75) is 39.0 Å². The summed E-state index contributed by atoms with van der Waals surface area (Å²) >= 11 is 0. The predicted octanol–water partition coefficient (Wildman–Crippen LogP) is 1.15. The summed E-state index contributed by atoms with van der Waals surface area (Å²) in [6.07, 6.45) is 4.18. The summed E-state index contributed by atoms with van der Waals surface area (Å²) < 4.78 is 0. The third-order valence-electron chi connectivity index (χ3n) is 4.07. The first-order valence-corrected chi connectivity index (χ1v) is 7.01. The molecule has 2 amide bonds. The van der Waals surface area contributed by atoms with Gasteiger partial charge in [0.15, 0.2) is 0 Å². The van der Waals surface area contributed by atoms with Crippen molar-refractivity contribution >= 4 is 11.8 Å². The first kappa shape index (κ1) is 13.9. The molecular formula is C14H21N3O2. The number of nitrogens with zero attached hydrogens (tertiary/aromatic N) is 3. The van der Waals surface area contributed by atoms with Crippen LogP contribution in [0.15, 0.2) is 0 Å². The first-order chi connectivity index (χ1) is 9.04. The van der Waals surface area contributed by atoms with E-state index >= 15 is 0 Å². The predicted molar refractivity (Wildman–Crippen MR) is 70.0 cm³/mol. The Hall–Kier alpha value is -1.57. The Morgan fingerprint density at radius 2 is 2.16 bits per heavy atom. The van der Waals surface area contributed by atoms with Crippen molar-refractivity contribution in [3.63, 3.8) is 0 Å². The lowest BCUT2D eigenvalue weighted by atomic mass is 9.83. The van der Waals surface area contributed by atoms with E-state index < -0.39 is 5.41 Å². The number of nitriles is 1. The second kappa shape index (κ2) is 5.60. The lowest BCUT2D eigenvalue weighted by molar-refractivity contribution is -0.143. The minimum atomic E-state index is -0.431. The average Bonchev–Trinajstić information content (AvgIpc) is 2.41. The lowest BCUT2D eigenvalue weighted by Crippen LogP contribution is -2.49. The van der Waals surface area contributed by atoms with Crippen LogP contribution in [0, 0.1) is 16.7 Å². The van der Waals surface area contributed by atoms with Crippen molar-refractivity contribution in [2.24, 2.45) is 5.41 Å². The zero-order chi connectivity index (χ0) is 13.9. The van der Waals surface area contributed by atoms with Gasteiger partial charge in [-0.15, -0.1) is 0 Å². The quantitative estimate of drug-likeness (QED) is 0.750. The van der Waals surface area contributed by atoms with E-state index in [9.17, 15) is 9.59 Å². The van der Waals surface area contributed by atoms with E-state index in [1.807, 2.05) is 6.92 Å². The van der Waals surface area contributed by atoms with E-state index in [0.29, 0.717) is 26.1 Å². The number of piperidine rings is 2. The molecule has 0 saturated carbocycles. The molecule has 0 aromatic heterocycles. The van der Waals surface area contributed by atoms with Crippen LogP contribution in [0.4, 0.5) is 0 Å². The molecule has 0 aromatic rings. The number of rotatable bonds is 2. The first-order valence-electron chi connectivity index (χ1n) is 7.01. The highest BCUT2D eigenvalue weighted by molar-refractivity contribution is 5.85. The van der Waals surface area contributed by atoms with Gasteiger partial charge in [-0.25, -0.2) is 0 Å². The molecule has 0 N–H and O–H groups in total. The molecule has 19 heavy (non-hydrogen) atoms. The second-order valence-corrected chi connectivity index (χ2v) is 5.86. The van der Waals surface area contributed by atoms with Crippen molar-refractivity contribution in [3.05, 3.63) is 0 Å². The van der Waals surface area contributed by atoms with Crippen LogP contribution in [0.1, 0.15) is 39.0 Å². The number of carbonyl (C=O) groups excluding carboxylic acids is 2. The summed E-state index contributed by atoms with van der Waals surface area (Å²) in [5, 5.41) is 9.16. The lowest BCUT2D eigenvalue weighted by Gasteiger charge is -2.37. The van der Waals surface area contributed by atoms with Crippen molar-refractivity contribution in [1.82, 2.24) is 9.80 Å². The van der Waals surface area contributed by atoms with Gasteiger partial charge in [-0.05, 0) is 32.6 Å². The summed E-state index contributed by atoms with van der Waals surface area (Å²) in [6, 6.07) is 2.30. The Bertz CT molecular complexity index is 415. The Balaban J connectivity index is 1.92. The monoisotopic (exact) mass is 263 g/mol. The van der Waals surface area contributed by atoms with Gasteiger partial charge in [-0.1, -0.05) is 0 Å². The fraction of sp³-hybridized carbons (Fsp3) is 0.786. The Morgan fingerprint density at radius 3 is 2.84 bits per heavy atom. The third kappa shape index (κ3) is 3.25. The van der Waals surface area contributed by atoms with Gasteiger partial charge < -0.3 is 9.80 Å². The molecule has 0 radical (unpaired) electrons. The Labute approximate surface area is 114 Å². The zero-order valence-corrected chi connectivity index (χ0v) is 11.5. The van der Waals surface area contributed by atoms with Crippen molar-refractivity contribution in [3.8, 4) is 6.07 Å². The van der Waals surface area contributed by atoms with Crippen LogP contribution in [0.25, 0.3) is 0 Å².